The lowest BCUT2D eigenvalue weighted by molar-refractivity contribution is 0.304. The van der Waals surface area contributed by atoms with Gasteiger partial charge in [-0.2, -0.15) is 5.11 Å². The van der Waals surface area contributed by atoms with E-state index in [-0.39, 0.29) is 0 Å². The fourth-order valence-corrected chi connectivity index (χ4v) is 2.59. The first-order chi connectivity index (χ1) is 12.2. The normalized spacial score (nSPS) is 11.3. The van der Waals surface area contributed by atoms with Crippen LogP contribution in [0.25, 0.3) is 0 Å². The first kappa shape index (κ1) is 19.2. The van der Waals surface area contributed by atoms with E-state index in [1.807, 2.05) is 38.1 Å². The highest BCUT2D eigenvalue weighted by Gasteiger charge is 2.07. The van der Waals surface area contributed by atoms with Crippen LogP contribution in [-0.2, 0) is 0 Å². The molecule has 1 aromatic heterocycles. The van der Waals surface area contributed by atoms with Gasteiger partial charge in [-0.3, -0.25) is 0 Å². The Kier molecular flexibility index (Phi) is 8.16. The number of azo groups is 1. The minimum Gasteiger partial charge on any atom is -0.494 e. The number of aryl methyl sites for hydroxylation is 2. The number of hydrogen-bond donors (Lipinski definition) is 0. The van der Waals surface area contributed by atoms with E-state index in [0.717, 1.165) is 30.2 Å². The monoisotopic (exact) mass is 343 g/mol. The van der Waals surface area contributed by atoms with Gasteiger partial charge in [-0.15, -0.1) is 5.11 Å². The molecule has 25 heavy (non-hydrogen) atoms. The maximum atomic E-state index is 5.78. The van der Waals surface area contributed by atoms with Crippen molar-refractivity contribution in [2.45, 2.75) is 65.7 Å². The van der Waals surface area contributed by atoms with E-state index >= 15 is 0 Å². The van der Waals surface area contributed by atoms with Crippen molar-refractivity contribution >= 4 is 11.4 Å². The van der Waals surface area contributed by atoms with Gasteiger partial charge in [0, 0.05) is 0 Å². The second-order valence-electron chi connectivity index (χ2n) is 6.34. The quantitative estimate of drug-likeness (QED) is 0.331. The highest BCUT2D eigenvalue weighted by molar-refractivity contribution is 5.45. The molecular weight excluding hydrogens is 314 g/mol. The lowest BCUT2D eigenvalue weighted by atomic mass is 10.1. The van der Waals surface area contributed by atoms with Gasteiger partial charge < -0.3 is 9.26 Å². The lowest BCUT2D eigenvalue weighted by Crippen LogP contribution is -1.96. The Morgan fingerprint density at radius 2 is 1.60 bits per heavy atom. The summed E-state index contributed by atoms with van der Waals surface area (Å²) in [6.45, 7) is 6.70. The molecule has 5 nitrogen and oxygen atoms in total. The molecule has 0 fully saturated rings. The average molecular weight is 343 g/mol. The summed E-state index contributed by atoms with van der Waals surface area (Å²) in [5, 5.41) is 12.3. The van der Waals surface area contributed by atoms with Gasteiger partial charge in [-0.05, 0) is 44.5 Å². The van der Waals surface area contributed by atoms with E-state index in [2.05, 4.69) is 22.3 Å². The number of nitrogens with zero attached hydrogens (tertiary/aromatic N) is 3. The first-order valence-corrected chi connectivity index (χ1v) is 9.28. The summed E-state index contributed by atoms with van der Waals surface area (Å²) < 4.78 is 10.9. The molecule has 0 spiro atoms. The molecule has 5 heteroatoms. The molecule has 1 aromatic carbocycles. The fourth-order valence-electron chi connectivity index (χ4n) is 2.59. The molecule has 0 aliphatic heterocycles. The van der Waals surface area contributed by atoms with Crippen LogP contribution in [0.1, 0.15) is 63.3 Å². The van der Waals surface area contributed by atoms with Gasteiger partial charge in [-0.25, -0.2) is 0 Å². The zero-order valence-electron chi connectivity index (χ0n) is 15.6. The Labute approximate surface area is 150 Å². The third-order valence-corrected chi connectivity index (χ3v) is 4.11. The summed E-state index contributed by atoms with van der Waals surface area (Å²) in [6.07, 6.45) is 9.03. The highest BCUT2D eigenvalue weighted by Crippen LogP contribution is 2.26. The Morgan fingerprint density at radius 3 is 2.24 bits per heavy atom. The maximum Gasteiger partial charge on any atom is 0.161 e. The minimum atomic E-state index is 0.677. The standard InChI is InChI=1S/C20H29N3O2/c1-4-5-6-7-8-9-10-15-24-19-13-11-18(12-14-19)21-22-20-16(2)23-25-17(20)3/h11-14H,4-10,15H2,1-3H3. The van der Waals surface area contributed by atoms with Crippen molar-refractivity contribution in [1.82, 2.24) is 5.16 Å². The van der Waals surface area contributed by atoms with E-state index < -0.39 is 0 Å². The van der Waals surface area contributed by atoms with Crippen molar-refractivity contribution in [1.29, 1.82) is 0 Å². The molecule has 0 bridgehead atoms. The second kappa shape index (κ2) is 10.6. The van der Waals surface area contributed by atoms with Crippen molar-refractivity contribution in [3.8, 4) is 5.75 Å². The summed E-state index contributed by atoms with van der Waals surface area (Å²) >= 11 is 0. The average Bonchev–Trinajstić information content (AvgIpc) is 2.94. The van der Waals surface area contributed by atoms with Crippen molar-refractivity contribution in [3.63, 3.8) is 0 Å². The van der Waals surface area contributed by atoms with E-state index in [9.17, 15) is 0 Å². The Hall–Kier alpha value is -2.17. The largest absolute Gasteiger partial charge is 0.494 e. The van der Waals surface area contributed by atoms with Crippen molar-refractivity contribution in [3.05, 3.63) is 35.7 Å². The predicted octanol–water partition coefficient (Wildman–Crippen LogP) is 6.84. The number of hydrogen-bond acceptors (Lipinski definition) is 5. The van der Waals surface area contributed by atoms with Crippen molar-refractivity contribution < 1.29 is 9.26 Å². The van der Waals surface area contributed by atoms with E-state index in [4.69, 9.17) is 9.26 Å². The zero-order valence-corrected chi connectivity index (χ0v) is 15.6. The van der Waals surface area contributed by atoms with Crippen LogP contribution in [0.4, 0.5) is 11.4 Å². The topological polar surface area (TPSA) is 60.0 Å². The van der Waals surface area contributed by atoms with Gasteiger partial charge in [0.05, 0.1) is 12.3 Å². The Balaban J connectivity index is 1.69. The molecule has 2 aromatic rings. The number of rotatable bonds is 11. The van der Waals surface area contributed by atoms with Gasteiger partial charge in [0.15, 0.2) is 11.4 Å². The molecule has 0 radical (unpaired) electrons. The molecule has 0 N–H and O–H groups in total. The van der Waals surface area contributed by atoms with Crippen molar-refractivity contribution in [2.24, 2.45) is 10.2 Å². The van der Waals surface area contributed by atoms with Gasteiger partial charge >= 0.3 is 0 Å². The minimum absolute atomic E-state index is 0.677. The maximum absolute atomic E-state index is 5.78. The fraction of sp³-hybridized carbons (Fsp3) is 0.550. The SMILES string of the molecule is CCCCCCCCCOc1ccc(N=Nc2c(C)noc2C)cc1. The Bertz CT molecular complexity index is 628. The van der Waals surface area contributed by atoms with Crippen LogP contribution in [0.2, 0.25) is 0 Å². The van der Waals surface area contributed by atoms with Crippen LogP contribution in [0, 0.1) is 13.8 Å². The lowest BCUT2D eigenvalue weighted by Gasteiger charge is -2.06. The van der Waals surface area contributed by atoms with E-state index in [1.54, 1.807) is 0 Å². The smallest absolute Gasteiger partial charge is 0.161 e. The molecule has 0 unspecified atom stereocenters. The third-order valence-electron chi connectivity index (χ3n) is 4.11. The summed E-state index contributed by atoms with van der Waals surface area (Å²) in [7, 11) is 0. The highest BCUT2D eigenvalue weighted by atomic mass is 16.5. The van der Waals surface area contributed by atoms with E-state index in [0.29, 0.717) is 11.4 Å². The van der Waals surface area contributed by atoms with Gasteiger partial charge in [0.2, 0.25) is 0 Å². The van der Waals surface area contributed by atoms with Crippen molar-refractivity contribution in [2.75, 3.05) is 6.61 Å². The van der Waals surface area contributed by atoms with Crippen LogP contribution in [0.5, 0.6) is 5.75 Å². The molecule has 0 aliphatic rings. The van der Waals surface area contributed by atoms with Crippen LogP contribution in [0.3, 0.4) is 0 Å². The van der Waals surface area contributed by atoms with Crippen LogP contribution < -0.4 is 4.74 Å². The summed E-state index contributed by atoms with van der Waals surface area (Å²) in [6, 6.07) is 7.68. The molecule has 0 saturated carbocycles. The third kappa shape index (κ3) is 6.69. The number of benzene rings is 1. The molecule has 0 atom stereocenters. The summed E-state index contributed by atoms with van der Waals surface area (Å²) in [4.78, 5) is 0. The van der Waals surface area contributed by atoms with E-state index in [1.165, 1.54) is 38.5 Å². The van der Waals surface area contributed by atoms with Gasteiger partial charge in [0.25, 0.3) is 0 Å². The van der Waals surface area contributed by atoms with Gasteiger partial charge in [-0.1, -0.05) is 50.6 Å². The predicted molar refractivity (Wildman–Crippen MR) is 100 cm³/mol. The summed E-state index contributed by atoms with van der Waals surface area (Å²) in [5.41, 5.74) is 2.22. The Morgan fingerprint density at radius 1 is 0.920 bits per heavy atom. The second-order valence-corrected chi connectivity index (χ2v) is 6.34. The molecule has 136 valence electrons. The molecule has 0 amide bonds. The molecule has 0 aliphatic carbocycles. The van der Waals surface area contributed by atoms with Crippen LogP contribution in [-0.4, -0.2) is 11.8 Å². The molecule has 2 rings (SSSR count). The molecular formula is C20H29N3O2. The zero-order chi connectivity index (χ0) is 17.9. The molecule has 1 heterocycles. The number of aromatic nitrogens is 1. The van der Waals surface area contributed by atoms with Crippen LogP contribution in [0.15, 0.2) is 39.0 Å². The number of unbranched alkanes of at least 4 members (excludes halogenated alkanes) is 6. The van der Waals surface area contributed by atoms with Gasteiger partial charge in [0.1, 0.15) is 11.4 Å². The first-order valence-electron chi connectivity index (χ1n) is 9.28. The summed E-state index contributed by atoms with van der Waals surface area (Å²) in [5.74, 6) is 1.55. The molecule has 0 saturated heterocycles. The van der Waals surface area contributed by atoms with Crippen LogP contribution >= 0.6 is 0 Å². The number of ether oxygens (including phenoxy) is 1.